The molecular formula is C38H25N5O2. The fraction of sp³-hybridized carbons (Fsp3) is 0. The molecule has 0 atom stereocenters. The molecule has 45 heavy (non-hydrogen) atoms. The van der Waals surface area contributed by atoms with Gasteiger partial charge in [0.05, 0.1) is 34.6 Å². The average molecular weight is 584 g/mol. The van der Waals surface area contributed by atoms with E-state index >= 15 is 0 Å². The maximum atomic E-state index is 6.20. The van der Waals surface area contributed by atoms with Crippen LogP contribution in [0.15, 0.2) is 152 Å². The summed E-state index contributed by atoms with van der Waals surface area (Å²) in [6.45, 7) is 0. The lowest BCUT2D eigenvalue weighted by Crippen LogP contribution is -2.15. The van der Waals surface area contributed by atoms with E-state index < -0.39 is 0 Å². The van der Waals surface area contributed by atoms with Gasteiger partial charge in [-0.3, -0.25) is 0 Å². The molecule has 7 aromatic rings. The standard InChI is InChI=1S/C38H25N5O2/c1-5-16-35-31(12-1)42(32-13-2-6-17-36(32)44-35)27-22-20-26(21-23-27)30-25-41(40-39-30)28-10-9-11-29(24-28)43-33-14-3-7-18-37(33)45-38-19-8-4-15-34(38)43/h1-25H. The number of rotatable bonds is 4. The Morgan fingerprint density at radius 2 is 0.889 bits per heavy atom. The number of fused-ring (bicyclic) bond motifs is 4. The van der Waals surface area contributed by atoms with E-state index in [-0.39, 0.29) is 0 Å². The SMILES string of the molecule is c1cc(N2c3ccccc3Oc3ccccc32)cc(-n2cc(-c3ccc(N4c5ccccc5Oc5ccccc54)cc3)nn2)c1. The van der Waals surface area contributed by atoms with Gasteiger partial charge in [-0.25, -0.2) is 4.68 Å². The van der Waals surface area contributed by atoms with Crippen molar-refractivity contribution in [3.63, 3.8) is 0 Å². The molecular weight excluding hydrogens is 558 g/mol. The van der Waals surface area contributed by atoms with Crippen molar-refractivity contribution in [3.8, 4) is 39.9 Å². The van der Waals surface area contributed by atoms with Gasteiger partial charge in [-0.1, -0.05) is 71.9 Å². The topological polar surface area (TPSA) is 55.7 Å². The molecule has 0 saturated heterocycles. The Morgan fingerprint density at radius 3 is 1.42 bits per heavy atom. The Hall–Kier alpha value is -6.34. The lowest BCUT2D eigenvalue weighted by molar-refractivity contribution is 0.477. The van der Waals surface area contributed by atoms with Crippen LogP contribution in [0.5, 0.6) is 23.0 Å². The lowest BCUT2D eigenvalue weighted by Gasteiger charge is -2.32. The highest BCUT2D eigenvalue weighted by Gasteiger charge is 2.27. The predicted octanol–water partition coefficient (Wildman–Crippen LogP) is 10.1. The van der Waals surface area contributed by atoms with Crippen LogP contribution in [0.25, 0.3) is 16.9 Å². The van der Waals surface area contributed by atoms with E-state index in [2.05, 4.69) is 80.8 Å². The third kappa shape index (κ3) is 4.21. The maximum Gasteiger partial charge on any atom is 0.151 e. The van der Waals surface area contributed by atoms with Gasteiger partial charge < -0.3 is 19.3 Å². The van der Waals surface area contributed by atoms with Crippen molar-refractivity contribution in [2.45, 2.75) is 0 Å². The zero-order valence-corrected chi connectivity index (χ0v) is 24.0. The van der Waals surface area contributed by atoms with Crippen LogP contribution in [0.2, 0.25) is 0 Å². The molecule has 2 aliphatic rings. The highest BCUT2D eigenvalue weighted by Crippen LogP contribution is 2.51. The van der Waals surface area contributed by atoms with Gasteiger partial charge in [0, 0.05) is 16.9 Å². The Morgan fingerprint density at radius 1 is 0.422 bits per heavy atom. The summed E-state index contributed by atoms with van der Waals surface area (Å²) in [5.41, 5.74) is 8.68. The van der Waals surface area contributed by atoms with E-state index in [0.29, 0.717) is 0 Å². The van der Waals surface area contributed by atoms with Gasteiger partial charge in [-0.15, -0.1) is 5.10 Å². The molecule has 9 rings (SSSR count). The molecule has 7 nitrogen and oxygen atoms in total. The smallest absolute Gasteiger partial charge is 0.151 e. The first-order chi connectivity index (χ1) is 22.3. The first kappa shape index (κ1) is 25.2. The van der Waals surface area contributed by atoms with E-state index in [1.807, 2.05) is 95.8 Å². The Kier molecular flexibility index (Phi) is 5.67. The highest BCUT2D eigenvalue weighted by atomic mass is 16.5. The number of benzene rings is 6. The molecule has 0 radical (unpaired) electrons. The van der Waals surface area contributed by atoms with E-state index in [4.69, 9.17) is 9.47 Å². The van der Waals surface area contributed by atoms with Crippen molar-refractivity contribution < 1.29 is 9.47 Å². The molecule has 0 bridgehead atoms. The largest absolute Gasteiger partial charge is 0.453 e. The van der Waals surface area contributed by atoms with Crippen LogP contribution >= 0.6 is 0 Å². The van der Waals surface area contributed by atoms with E-state index in [0.717, 1.165) is 74.1 Å². The minimum atomic E-state index is 0.789. The Labute approximate surface area is 259 Å². The number of hydrogen-bond acceptors (Lipinski definition) is 6. The zero-order chi connectivity index (χ0) is 29.7. The highest BCUT2D eigenvalue weighted by molar-refractivity contribution is 5.88. The van der Waals surface area contributed by atoms with Crippen LogP contribution < -0.4 is 19.3 Å². The molecule has 0 fully saturated rings. The van der Waals surface area contributed by atoms with Crippen molar-refractivity contribution in [2.24, 2.45) is 0 Å². The van der Waals surface area contributed by atoms with Crippen molar-refractivity contribution >= 4 is 34.1 Å². The second kappa shape index (κ2) is 10.1. The van der Waals surface area contributed by atoms with Gasteiger partial charge in [0.15, 0.2) is 23.0 Å². The fourth-order valence-corrected chi connectivity index (χ4v) is 6.04. The van der Waals surface area contributed by atoms with Gasteiger partial charge in [0.25, 0.3) is 0 Å². The molecule has 0 spiro atoms. The third-order valence-corrected chi connectivity index (χ3v) is 8.13. The van der Waals surface area contributed by atoms with Crippen molar-refractivity contribution in [1.29, 1.82) is 0 Å². The van der Waals surface area contributed by atoms with Crippen LogP contribution in [0.3, 0.4) is 0 Å². The minimum absolute atomic E-state index is 0.789. The van der Waals surface area contributed by atoms with Crippen LogP contribution in [0.1, 0.15) is 0 Å². The monoisotopic (exact) mass is 583 g/mol. The summed E-state index contributed by atoms with van der Waals surface area (Å²) in [6.07, 6.45) is 1.97. The summed E-state index contributed by atoms with van der Waals surface area (Å²) in [6, 6.07) is 49.0. The molecule has 1 aromatic heterocycles. The number of ether oxygens (including phenoxy) is 2. The second-order valence-electron chi connectivity index (χ2n) is 10.9. The van der Waals surface area contributed by atoms with Gasteiger partial charge in [0.2, 0.25) is 0 Å². The first-order valence-electron chi connectivity index (χ1n) is 14.8. The van der Waals surface area contributed by atoms with Crippen LogP contribution in [-0.4, -0.2) is 15.0 Å². The predicted molar refractivity (Wildman–Crippen MR) is 176 cm³/mol. The van der Waals surface area contributed by atoms with Gasteiger partial charge >= 0.3 is 0 Å². The normalized spacial score (nSPS) is 12.7. The molecule has 214 valence electrons. The molecule has 0 aliphatic carbocycles. The molecule has 0 amide bonds. The number of anilines is 6. The molecule has 0 N–H and O–H groups in total. The summed E-state index contributed by atoms with van der Waals surface area (Å²) >= 11 is 0. The summed E-state index contributed by atoms with van der Waals surface area (Å²) in [7, 11) is 0. The molecule has 0 saturated carbocycles. The van der Waals surface area contributed by atoms with Crippen LogP contribution in [0.4, 0.5) is 34.1 Å². The quantitative estimate of drug-likeness (QED) is 0.205. The summed E-state index contributed by atoms with van der Waals surface area (Å²) in [4.78, 5) is 4.44. The van der Waals surface area contributed by atoms with Gasteiger partial charge in [-0.05, 0) is 78.9 Å². The van der Waals surface area contributed by atoms with Crippen LogP contribution in [0, 0.1) is 0 Å². The van der Waals surface area contributed by atoms with Crippen molar-refractivity contribution in [1.82, 2.24) is 15.0 Å². The van der Waals surface area contributed by atoms with Crippen molar-refractivity contribution in [2.75, 3.05) is 9.80 Å². The van der Waals surface area contributed by atoms with E-state index in [9.17, 15) is 0 Å². The van der Waals surface area contributed by atoms with Gasteiger partial charge in [-0.2, -0.15) is 0 Å². The zero-order valence-electron chi connectivity index (χ0n) is 24.0. The summed E-state index contributed by atoms with van der Waals surface area (Å²) < 4.78 is 14.2. The third-order valence-electron chi connectivity index (χ3n) is 8.13. The van der Waals surface area contributed by atoms with E-state index in [1.165, 1.54) is 0 Å². The average Bonchev–Trinajstić information content (AvgIpc) is 3.60. The number of nitrogens with zero attached hydrogens (tertiary/aromatic N) is 5. The summed E-state index contributed by atoms with van der Waals surface area (Å²) in [5, 5.41) is 9.04. The van der Waals surface area contributed by atoms with Gasteiger partial charge in [0.1, 0.15) is 5.69 Å². The lowest BCUT2D eigenvalue weighted by atomic mass is 10.1. The number of aromatic nitrogens is 3. The molecule has 2 aliphatic heterocycles. The minimum Gasteiger partial charge on any atom is -0.453 e. The number of para-hydroxylation sites is 8. The van der Waals surface area contributed by atoms with Crippen molar-refractivity contribution in [3.05, 3.63) is 152 Å². The second-order valence-corrected chi connectivity index (χ2v) is 10.9. The molecule has 3 heterocycles. The summed E-state index contributed by atoms with van der Waals surface area (Å²) in [5.74, 6) is 3.29. The first-order valence-corrected chi connectivity index (χ1v) is 14.8. The van der Waals surface area contributed by atoms with E-state index in [1.54, 1.807) is 0 Å². The molecule has 0 unspecified atom stereocenters. The number of hydrogen-bond donors (Lipinski definition) is 0. The maximum absolute atomic E-state index is 6.20. The Balaban J connectivity index is 1.04. The van der Waals surface area contributed by atoms with Crippen LogP contribution in [-0.2, 0) is 0 Å². The Bertz CT molecular complexity index is 2120. The molecule has 7 heteroatoms. The molecule has 6 aromatic carbocycles. The fourth-order valence-electron chi connectivity index (χ4n) is 6.04.